The summed E-state index contributed by atoms with van der Waals surface area (Å²) in [5, 5.41) is 2.61. The van der Waals surface area contributed by atoms with Crippen LogP contribution in [0.3, 0.4) is 0 Å². The predicted molar refractivity (Wildman–Crippen MR) is 88.4 cm³/mol. The fourth-order valence-corrected chi connectivity index (χ4v) is 3.22. The quantitative estimate of drug-likeness (QED) is 0.539. The van der Waals surface area contributed by atoms with Crippen molar-refractivity contribution in [3.8, 4) is 0 Å². The number of fused-ring (bicyclic) bond motifs is 4. The molecule has 0 aliphatic rings. The number of halogens is 1. The first kappa shape index (κ1) is 15.0. The smallest absolute Gasteiger partial charge is 0.238 e. The number of hydrogen-bond donors (Lipinski definition) is 1. The number of aromatic nitrogens is 2. The molecule has 1 N–H and O–H groups in total. The summed E-state index contributed by atoms with van der Waals surface area (Å²) >= 11 is 0. The van der Waals surface area contributed by atoms with Crippen molar-refractivity contribution in [2.45, 2.75) is 26.3 Å². The molecule has 0 saturated carbocycles. The average Bonchev–Trinajstić information content (AvgIpc) is 2.89. The third kappa shape index (κ3) is 2.30. The fourth-order valence-electron chi connectivity index (χ4n) is 3.22. The standard InChI is InChI=1S/C19H18N2.BrH/c1-2-3-12-21-18-11-7-4-8-14(18)13-17-19(21)15-9-5-6-10-16(15)20-17;/h4-11,13H,2-3,12H2,1H3;1H. The lowest BCUT2D eigenvalue weighted by molar-refractivity contribution is -0.645. The van der Waals surface area contributed by atoms with Gasteiger partial charge in [0.25, 0.3) is 0 Å². The molecule has 3 heteroatoms. The zero-order chi connectivity index (χ0) is 14.2. The van der Waals surface area contributed by atoms with Crippen LogP contribution in [0.15, 0.2) is 54.6 Å². The van der Waals surface area contributed by atoms with Gasteiger partial charge in [-0.25, -0.2) is 0 Å². The van der Waals surface area contributed by atoms with E-state index in [2.05, 4.69) is 71.1 Å². The van der Waals surface area contributed by atoms with E-state index < -0.39 is 0 Å². The number of H-pyrrole nitrogens is 1. The number of pyridine rings is 1. The van der Waals surface area contributed by atoms with Crippen molar-refractivity contribution in [1.82, 2.24) is 4.98 Å². The molecule has 22 heavy (non-hydrogen) atoms. The first-order valence-corrected chi connectivity index (χ1v) is 7.70. The van der Waals surface area contributed by atoms with Crippen LogP contribution in [-0.4, -0.2) is 4.98 Å². The molecule has 0 atom stereocenters. The maximum absolute atomic E-state index is 3.57. The number of aryl methyl sites for hydroxylation is 1. The van der Waals surface area contributed by atoms with E-state index in [-0.39, 0.29) is 17.0 Å². The first-order chi connectivity index (χ1) is 10.4. The van der Waals surface area contributed by atoms with E-state index >= 15 is 0 Å². The minimum absolute atomic E-state index is 0. The number of hydrogen-bond acceptors (Lipinski definition) is 0. The number of benzene rings is 2. The molecule has 2 nitrogen and oxygen atoms in total. The van der Waals surface area contributed by atoms with Crippen LogP contribution >= 0.6 is 0 Å². The fraction of sp³-hybridized carbons (Fsp3) is 0.211. The Labute approximate surface area is 140 Å². The van der Waals surface area contributed by atoms with Crippen LogP contribution in [0.25, 0.3) is 32.8 Å². The number of rotatable bonds is 3. The van der Waals surface area contributed by atoms with Gasteiger partial charge in [0.15, 0.2) is 0 Å². The Morgan fingerprint density at radius 1 is 0.955 bits per heavy atom. The highest BCUT2D eigenvalue weighted by Crippen LogP contribution is 2.25. The summed E-state index contributed by atoms with van der Waals surface area (Å²) in [5.41, 5.74) is 5.10. The molecule has 0 radical (unpaired) electrons. The maximum atomic E-state index is 3.57. The van der Waals surface area contributed by atoms with E-state index in [0.29, 0.717) is 0 Å². The normalized spacial score (nSPS) is 11.1. The summed E-state index contributed by atoms with van der Waals surface area (Å²) < 4.78 is 2.48. The minimum Gasteiger partial charge on any atom is -1.00 e. The van der Waals surface area contributed by atoms with Crippen molar-refractivity contribution < 1.29 is 21.5 Å². The van der Waals surface area contributed by atoms with E-state index in [1.807, 2.05) is 0 Å². The van der Waals surface area contributed by atoms with E-state index in [0.717, 1.165) is 6.54 Å². The lowest BCUT2D eigenvalue weighted by Crippen LogP contribution is -3.00. The second-order valence-corrected chi connectivity index (χ2v) is 5.64. The second kappa shape index (κ2) is 6.09. The molecule has 112 valence electrons. The molecule has 0 amide bonds. The lowest BCUT2D eigenvalue weighted by atomic mass is 10.1. The topological polar surface area (TPSA) is 19.7 Å². The molecule has 0 aliphatic carbocycles. The largest absolute Gasteiger partial charge is 1.00 e. The van der Waals surface area contributed by atoms with E-state index in [1.54, 1.807) is 0 Å². The van der Waals surface area contributed by atoms with Gasteiger partial charge in [-0.15, -0.1) is 0 Å². The van der Waals surface area contributed by atoms with Gasteiger partial charge in [-0.2, -0.15) is 4.57 Å². The average molecular weight is 355 g/mol. The number of aromatic amines is 1. The number of nitrogens with zero attached hydrogens (tertiary/aromatic N) is 1. The van der Waals surface area contributed by atoms with Crippen LogP contribution in [0.2, 0.25) is 0 Å². The third-order valence-electron chi connectivity index (χ3n) is 4.24. The summed E-state index contributed by atoms with van der Waals surface area (Å²) in [4.78, 5) is 3.57. The Morgan fingerprint density at radius 3 is 2.59 bits per heavy atom. The molecule has 2 heterocycles. The van der Waals surface area contributed by atoms with Crippen molar-refractivity contribution in [2.75, 3.05) is 0 Å². The van der Waals surface area contributed by atoms with Gasteiger partial charge in [0.1, 0.15) is 12.1 Å². The van der Waals surface area contributed by atoms with Gasteiger partial charge in [0.05, 0.1) is 10.9 Å². The highest BCUT2D eigenvalue weighted by Gasteiger charge is 2.19. The maximum Gasteiger partial charge on any atom is 0.238 e. The lowest BCUT2D eigenvalue weighted by Gasteiger charge is -2.03. The van der Waals surface area contributed by atoms with Crippen LogP contribution in [0.5, 0.6) is 0 Å². The number of para-hydroxylation sites is 2. The minimum atomic E-state index is 0. The van der Waals surface area contributed by atoms with Gasteiger partial charge in [-0.05, 0) is 24.3 Å². The first-order valence-electron chi connectivity index (χ1n) is 7.70. The van der Waals surface area contributed by atoms with Crippen LogP contribution < -0.4 is 21.5 Å². The summed E-state index contributed by atoms with van der Waals surface area (Å²) in [6.07, 6.45) is 2.41. The highest BCUT2D eigenvalue weighted by molar-refractivity contribution is 6.05. The van der Waals surface area contributed by atoms with Gasteiger partial charge in [-0.3, -0.25) is 0 Å². The van der Waals surface area contributed by atoms with E-state index in [1.165, 1.54) is 45.7 Å². The Bertz CT molecular complexity index is 940. The predicted octanol–water partition coefficient (Wildman–Crippen LogP) is 1.57. The van der Waals surface area contributed by atoms with Gasteiger partial charge < -0.3 is 22.0 Å². The molecule has 0 bridgehead atoms. The Kier molecular flexibility index (Phi) is 4.16. The SMILES string of the molecule is CCCC[n+]1c2ccccc2cc2[nH]c3ccccc3c21.[Br-]. The van der Waals surface area contributed by atoms with Gasteiger partial charge in [-0.1, -0.05) is 37.6 Å². The Morgan fingerprint density at radius 2 is 1.73 bits per heavy atom. The summed E-state index contributed by atoms with van der Waals surface area (Å²) in [5.74, 6) is 0. The zero-order valence-corrected chi connectivity index (χ0v) is 14.2. The van der Waals surface area contributed by atoms with E-state index in [9.17, 15) is 0 Å². The zero-order valence-electron chi connectivity index (χ0n) is 12.6. The van der Waals surface area contributed by atoms with Crippen LogP contribution in [0, 0.1) is 0 Å². The molecule has 2 aromatic heterocycles. The van der Waals surface area contributed by atoms with Crippen molar-refractivity contribution >= 4 is 32.8 Å². The molecule has 0 spiro atoms. The summed E-state index contributed by atoms with van der Waals surface area (Å²) in [6, 6.07) is 19.5. The Hall–Kier alpha value is -1.87. The number of nitrogens with one attached hydrogen (secondary N) is 1. The molecule has 2 aromatic carbocycles. The highest BCUT2D eigenvalue weighted by atomic mass is 79.9. The van der Waals surface area contributed by atoms with Crippen molar-refractivity contribution in [2.24, 2.45) is 0 Å². The molecule has 0 unspecified atom stereocenters. The monoisotopic (exact) mass is 354 g/mol. The van der Waals surface area contributed by atoms with Gasteiger partial charge in [0, 0.05) is 17.9 Å². The summed E-state index contributed by atoms with van der Waals surface area (Å²) in [6.45, 7) is 3.31. The van der Waals surface area contributed by atoms with Gasteiger partial charge >= 0.3 is 0 Å². The molecular formula is C19H19BrN2. The second-order valence-electron chi connectivity index (χ2n) is 5.64. The Balaban J connectivity index is 0.00000144. The molecular weight excluding hydrogens is 336 g/mol. The number of unbranched alkanes of at least 4 members (excludes halogenated alkanes) is 1. The third-order valence-corrected chi connectivity index (χ3v) is 4.24. The van der Waals surface area contributed by atoms with Crippen LogP contribution in [0.4, 0.5) is 0 Å². The molecule has 0 aliphatic heterocycles. The molecule has 0 saturated heterocycles. The summed E-state index contributed by atoms with van der Waals surface area (Å²) in [7, 11) is 0. The van der Waals surface area contributed by atoms with Crippen LogP contribution in [-0.2, 0) is 6.54 Å². The van der Waals surface area contributed by atoms with E-state index in [4.69, 9.17) is 0 Å². The van der Waals surface area contributed by atoms with Crippen LogP contribution in [0.1, 0.15) is 19.8 Å². The van der Waals surface area contributed by atoms with Crippen molar-refractivity contribution in [1.29, 1.82) is 0 Å². The van der Waals surface area contributed by atoms with Crippen molar-refractivity contribution in [3.63, 3.8) is 0 Å². The van der Waals surface area contributed by atoms with Gasteiger partial charge in [0.2, 0.25) is 11.0 Å². The van der Waals surface area contributed by atoms with Crippen molar-refractivity contribution in [3.05, 3.63) is 54.6 Å². The molecule has 4 aromatic rings. The molecule has 0 fully saturated rings. The molecule has 4 rings (SSSR count).